The van der Waals surface area contributed by atoms with Gasteiger partial charge in [-0.2, -0.15) is 5.26 Å². The van der Waals surface area contributed by atoms with Crippen molar-refractivity contribution in [2.75, 3.05) is 6.61 Å². The van der Waals surface area contributed by atoms with Crippen LogP contribution in [-0.4, -0.2) is 17.7 Å². The number of nitriles is 1. The summed E-state index contributed by atoms with van der Waals surface area (Å²) in [6.07, 6.45) is 0.00454. The molecule has 84 valence electrons. The largest absolute Gasteiger partial charge is 0.508 e. The van der Waals surface area contributed by atoms with Crippen molar-refractivity contribution in [3.8, 4) is 11.8 Å². The van der Waals surface area contributed by atoms with Crippen LogP contribution in [0, 0.1) is 18.3 Å². The van der Waals surface area contributed by atoms with Gasteiger partial charge < -0.3 is 9.84 Å². The highest BCUT2D eigenvalue weighted by molar-refractivity contribution is 5.74. The highest BCUT2D eigenvalue weighted by Gasteiger charge is 2.11. The number of hydrogen-bond donors (Lipinski definition) is 1. The Balaban J connectivity index is 3.00. The lowest BCUT2D eigenvalue weighted by Crippen LogP contribution is -2.08. The van der Waals surface area contributed by atoms with E-state index in [-0.39, 0.29) is 12.2 Å². The van der Waals surface area contributed by atoms with Gasteiger partial charge in [0.1, 0.15) is 5.75 Å². The molecule has 0 unspecified atom stereocenters. The summed E-state index contributed by atoms with van der Waals surface area (Å²) in [6, 6.07) is 4.99. The van der Waals surface area contributed by atoms with Gasteiger partial charge in [0.25, 0.3) is 0 Å². The van der Waals surface area contributed by atoms with Crippen molar-refractivity contribution in [1.29, 1.82) is 5.26 Å². The maximum Gasteiger partial charge on any atom is 0.310 e. The summed E-state index contributed by atoms with van der Waals surface area (Å²) < 4.78 is 4.79. The first-order chi connectivity index (χ1) is 7.58. The Morgan fingerprint density at radius 2 is 2.25 bits per heavy atom. The molecular weight excluding hydrogens is 206 g/mol. The molecule has 0 atom stereocenters. The topological polar surface area (TPSA) is 70.3 Å². The highest BCUT2D eigenvalue weighted by atomic mass is 16.5. The van der Waals surface area contributed by atoms with Gasteiger partial charge in [-0.15, -0.1) is 0 Å². The van der Waals surface area contributed by atoms with Gasteiger partial charge in [0.05, 0.1) is 24.7 Å². The quantitative estimate of drug-likeness (QED) is 0.785. The molecule has 4 heteroatoms. The van der Waals surface area contributed by atoms with E-state index in [1.807, 2.05) is 6.07 Å². The molecule has 16 heavy (non-hydrogen) atoms. The van der Waals surface area contributed by atoms with Gasteiger partial charge in [0.15, 0.2) is 0 Å². The number of carbonyl (C=O) groups is 1. The highest BCUT2D eigenvalue weighted by Crippen LogP contribution is 2.22. The Morgan fingerprint density at radius 3 is 2.81 bits per heavy atom. The Bertz CT molecular complexity index is 446. The van der Waals surface area contributed by atoms with E-state index < -0.39 is 5.97 Å². The average molecular weight is 219 g/mol. The fourth-order valence-corrected chi connectivity index (χ4v) is 1.36. The number of esters is 1. The normalized spacial score (nSPS) is 9.56. The second-order valence-corrected chi connectivity index (χ2v) is 3.39. The lowest BCUT2D eigenvalue weighted by atomic mass is 10.0. The Hall–Kier alpha value is -2.02. The molecule has 0 saturated carbocycles. The molecule has 4 nitrogen and oxygen atoms in total. The zero-order chi connectivity index (χ0) is 12.1. The van der Waals surface area contributed by atoms with E-state index in [4.69, 9.17) is 10.00 Å². The fraction of sp³-hybridized carbons (Fsp3) is 0.333. The van der Waals surface area contributed by atoms with Gasteiger partial charge in [-0.25, -0.2) is 0 Å². The number of ether oxygens (including phenoxy) is 1. The second kappa shape index (κ2) is 5.17. The maximum atomic E-state index is 11.3. The van der Waals surface area contributed by atoms with Gasteiger partial charge in [0, 0.05) is 0 Å². The Labute approximate surface area is 94.1 Å². The zero-order valence-electron chi connectivity index (χ0n) is 9.28. The van der Waals surface area contributed by atoms with Gasteiger partial charge in [-0.1, -0.05) is 0 Å². The zero-order valence-corrected chi connectivity index (χ0v) is 9.28. The standard InChI is InChI=1S/C12H13NO3/c1-3-16-12(15)6-9-5-11(14)8(2)4-10(9)7-13/h4-5,14H,3,6H2,1-2H3. The molecule has 0 saturated heterocycles. The van der Waals surface area contributed by atoms with Crippen molar-refractivity contribution in [2.45, 2.75) is 20.3 Å². The lowest BCUT2D eigenvalue weighted by molar-refractivity contribution is -0.142. The first-order valence-corrected chi connectivity index (χ1v) is 4.96. The molecule has 0 heterocycles. The van der Waals surface area contributed by atoms with Crippen LogP contribution >= 0.6 is 0 Å². The molecule has 1 N–H and O–H groups in total. The first kappa shape index (κ1) is 12.1. The summed E-state index contributed by atoms with van der Waals surface area (Å²) in [5.74, 6) is -0.319. The van der Waals surface area contributed by atoms with E-state index in [0.717, 1.165) is 0 Å². The van der Waals surface area contributed by atoms with E-state index in [2.05, 4.69) is 0 Å². The molecule has 0 radical (unpaired) electrons. The molecule has 1 rings (SSSR count). The van der Waals surface area contributed by atoms with Gasteiger partial charge in [0.2, 0.25) is 0 Å². The summed E-state index contributed by atoms with van der Waals surface area (Å²) >= 11 is 0. The molecule has 0 spiro atoms. The third-order valence-electron chi connectivity index (χ3n) is 2.18. The number of phenols is 1. The number of aromatic hydroxyl groups is 1. The van der Waals surface area contributed by atoms with Crippen molar-refractivity contribution in [3.63, 3.8) is 0 Å². The fourth-order valence-electron chi connectivity index (χ4n) is 1.36. The molecule has 1 aromatic rings. The number of benzene rings is 1. The summed E-state index contributed by atoms with van der Waals surface area (Å²) in [6.45, 7) is 3.72. The summed E-state index contributed by atoms with van der Waals surface area (Å²) in [4.78, 5) is 11.3. The summed E-state index contributed by atoms with van der Waals surface area (Å²) in [5, 5.41) is 18.4. The number of aryl methyl sites for hydroxylation is 1. The van der Waals surface area contributed by atoms with Crippen molar-refractivity contribution < 1.29 is 14.6 Å². The molecule has 0 fully saturated rings. The van der Waals surface area contributed by atoms with Crippen LogP contribution in [0.3, 0.4) is 0 Å². The molecule has 0 aliphatic carbocycles. The summed E-state index contributed by atoms with van der Waals surface area (Å²) in [7, 11) is 0. The van der Waals surface area contributed by atoms with Crippen molar-refractivity contribution in [2.24, 2.45) is 0 Å². The average Bonchev–Trinajstić information content (AvgIpc) is 2.23. The molecule has 0 aliphatic rings. The van der Waals surface area contributed by atoms with Crippen LogP contribution in [0.15, 0.2) is 12.1 Å². The van der Waals surface area contributed by atoms with Crippen molar-refractivity contribution >= 4 is 5.97 Å². The van der Waals surface area contributed by atoms with Gasteiger partial charge in [-0.05, 0) is 37.1 Å². The monoisotopic (exact) mass is 219 g/mol. The van der Waals surface area contributed by atoms with Crippen LogP contribution in [0.4, 0.5) is 0 Å². The minimum atomic E-state index is -0.401. The first-order valence-electron chi connectivity index (χ1n) is 4.96. The van der Waals surface area contributed by atoms with Crippen LogP contribution in [0.1, 0.15) is 23.6 Å². The Kier molecular flexibility index (Phi) is 3.90. The molecule has 1 aromatic carbocycles. The smallest absolute Gasteiger partial charge is 0.310 e. The second-order valence-electron chi connectivity index (χ2n) is 3.39. The van der Waals surface area contributed by atoms with Crippen LogP contribution in [0.25, 0.3) is 0 Å². The van der Waals surface area contributed by atoms with Crippen LogP contribution in [0.5, 0.6) is 5.75 Å². The van der Waals surface area contributed by atoms with Gasteiger partial charge >= 0.3 is 5.97 Å². The van der Waals surface area contributed by atoms with Crippen molar-refractivity contribution in [3.05, 3.63) is 28.8 Å². The molecular formula is C12H13NO3. The van der Waals surface area contributed by atoms with Crippen molar-refractivity contribution in [1.82, 2.24) is 0 Å². The SMILES string of the molecule is CCOC(=O)Cc1cc(O)c(C)cc1C#N. The Morgan fingerprint density at radius 1 is 1.56 bits per heavy atom. The molecule has 0 aromatic heterocycles. The minimum Gasteiger partial charge on any atom is -0.508 e. The van der Waals surface area contributed by atoms with Crippen LogP contribution in [-0.2, 0) is 16.0 Å². The third kappa shape index (κ3) is 2.74. The van der Waals surface area contributed by atoms with E-state index in [1.54, 1.807) is 19.9 Å². The van der Waals surface area contributed by atoms with Crippen LogP contribution < -0.4 is 0 Å². The van der Waals surface area contributed by atoms with Gasteiger partial charge in [-0.3, -0.25) is 4.79 Å². The predicted molar refractivity (Wildman–Crippen MR) is 57.9 cm³/mol. The lowest BCUT2D eigenvalue weighted by Gasteiger charge is -2.06. The number of phenolic OH excluding ortho intramolecular Hbond substituents is 1. The maximum absolute atomic E-state index is 11.3. The molecule has 0 bridgehead atoms. The third-order valence-corrected chi connectivity index (χ3v) is 2.18. The van der Waals surface area contributed by atoms with E-state index in [9.17, 15) is 9.90 Å². The van der Waals surface area contributed by atoms with E-state index in [1.165, 1.54) is 6.07 Å². The number of nitrogens with zero attached hydrogens (tertiary/aromatic N) is 1. The number of carbonyl (C=O) groups excluding carboxylic acids is 1. The minimum absolute atomic E-state index is 0.00454. The summed E-state index contributed by atoms with van der Waals surface area (Å²) in [5.41, 5.74) is 1.50. The van der Waals surface area contributed by atoms with E-state index >= 15 is 0 Å². The van der Waals surface area contributed by atoms with Crippen LogP contribution in [0.2, 0.25) is 0 Å². The number of rotatable bonds is 3. The number of hydrogen-bond acceptors (Lipinski definition) is 4. The van der Waals surface area contributed by atoms with E-state index in [0.29, 0.717) is 23.3 Å². The molecule has 0 aliphatic heterocycles. The predicted octanol–water partition coefficient (Wildman–Crippen LogP) is 1.68. The molecule has 0 amide bonds.